The van der Waals surface area contributed by atoms with E-state index in [-0.39, 0.29) is 0 Å². The lowest BCUT2D eigenvalue weighted by Gasteiger charge is -2.14. The minimum absolute atomic E-state index is 0.807. The fourth-order valence-corrected chi connectivity index (χ4v) is 2.38. The van der Waals surface area contributed by atoms with Crippen molar-refractivity contribution in [2.75, 3.05) is 11.9 Å². The molecule has 0 N–H and O–H groups in total. The van der Waals surface area contributed by atoms with Crippen molar-refractivity contribution >= 4 is 27.4 Å². The summed E-state index contributed by atoms with van der Waals surface area (Å²) >= 11 is 1.31. The Balaban J connectivity index is 1.86. The fourth-order valence-electron chi connectivity index (χ4n) is 1.95. The number of aromatic nitrogens is 3. The van der Waals surface area contributed by atoms with Crippen LogP contribution in [0.4, 0.5) is 5.13 Å². The van der Waals surface area contributed by atoms with Crippen LogP contribution in [0.5, 0.6) is 0 Å². The van der Waals surface area contributed by atoms with E-state index in [0.29, 0.717) is 0 Å². The van der Waals surface area contributed by atoms with Crippen LogP contribution < -0.4 is 4.90 Å². The second kappa shape index (κ2) is 4.70. The van der Waals surface area contributed by atoms with Crippen LogP contribution in [0.25, 0.3) is 10.8 Å². The summed E-state index contributed by atoms with van der Waals surface area (Å²) in [6.07, 6.45) is 0. The predicted octanol–water partition coefficient (Wildman–Crippen LogP) is 2.72. The van der Waals surface area contributed by atoms with E-state index >= 15 is 0 Å². The number of anilines is 1. The van der Waals surface area contributed by atoms with Crippen LogP contribution in [0.1, 0.15) is 5.56 Å². The molecule has 0 saturated heterocycles. The Morgan fingerprint density at radius 3 is 2.72 bits per heavy atom. The number of nitrogens with zero attached hydrogens (tertiary/aromatic N) is 4. The van der Waals surface area contributed by atoms with Crippen LogP contribution in [-0.4, -0.2) is 21.8 Å². The van der Waals surface area contributed by atoms with E-state index < -0.39 is 0 Å². The molecule has 0 spiro atoms. The molecule has 3 aromatic rings. The maximum atomic E-state index is 3.96. The SMILES string of the molecule is CN(Cc1ccc2ccccc2c1)c1nnns1. The molecular formula is C13H12N4S. The molecule has 5 heteroatoms. The van der Waals surface area contributed by atoms with Crippen LogP contribution in [-0.2, 0) is 6.54 Å². The molecule has 1 heterocycles. The summed E-state index contributed by atoms with van der Waals surface area (Å²) in [7, 11) is 2.00. The second-order valence-electron chi connectivity index (χ2n) is 4.18. The minimum atomic E-state index is 0.807. The molecule has 0 bridgehead atoms. The van der Waals surface area contributed by atoms with Gasteiger partial charge in [0.05, 0.1) is 0 Å². The van der Waals surface area contributed by atoms with Gasteiger partial charge in [-0.15, -0.1) is 0 Å². The molecule has 18 heavy (non-hydrogen) atoms. The Morgan fingerprint density at radius 1 is 1.11 bits per heavy atom. The molecule has 0 aliphatic heterocycles. The first-order valence-electron chi connectivity index (χ1n) is 5.67. The van der Waals surface area contributed by atoms with E-state index in [1.54, 1.807) is 0 Å². The topological polar surface area (TPSA) is 41.9 Å². The standard InChI is InChI=1S/C13H12N4S/c1-17(13-14-15-16-18-13)9-10-6-7-11-4-2-3-5-12(11)8-10/h2-8H,9H2,1H3. The van der Waals surface area contributed by atoms with Gasteiger partial charge in [0.2, 0.25) is 5.13 Å². The van der Waals surface area contributed by atoms with Crippen molar-refractivity contribution in [1.82, 2.24) is 14.8 Å². The molecule has 0 radical (unpaired) electrons. The largest absolute Gasteiger partial charge is 0.344 e. The lowest BCUT2D eigenvalue weighted by atomic mass is 10.1. The van der Waals surface area contributed by atoms with Crippen LogP contribution >= 0.6 is 11.5 Å². The first-order chi connectivity index (χ1) is 8.83. The van der Waals surface area contributed by atoms with Gasteiger partial charge >= 0.3 is 0 Å². The van der Waals surface area contributed by atoms with Gasteiger partial charge in [-0.2, -0.15) is 0 Å². The van der Waals surface area contributed by atoms with Crippen molar-refractivity contribution in [3.05, 3.63) is 48.0 Å². The lowest BCUT2D eigenvalue weighted by molar-refractivity contribution is 0.874. The zero-order chi connectivity index (χ0) is 12.4. The van der Waals surface area contributed by atoms with Crippen LogP contribution in [0.2, 0.25) is 0 Å². The molecule has 4 nitrogen and oxygen atoms in total. The van der Waals surface area contributed by atoms with Gasteiger partial charge in [-0.25, -0.2) is 0 Å². The van der Waals surface area contributed by atoms with Gasteiger partial charge < -0.3 is 4.90 Å². The van der Waals surface area contributed by atoms with Crippen molar-refractivity contribution in [1.29, 1.82) is 0 Å². The molecule has 0 atom stereocenters. The van der Waals surface area contributed by atoms with Gasteiger partial charge in [-0.1, -0.05) is 46.0 Å². The summed E-state index contributed by atoms with van der Waals surface area (Å²) in [4.78, 5) is 2.05. The highest BCUT2D eigenvalue weighted by Crippen LogP contribution is 2.19. The molecule has 0 fully saturated rings. The summed E-state index contributed by atoms with van der Waals surface area (Å²) in [6.45, 7) is 0.807. The highest BCUT2D eigenvalue weighted by molar-refractivity contribution is 7.09. The van der Waals surface area contributed by atoms with Crippen molar-refractivity contribution in [3.8, 4) is 0 Å². The molecule has 1 aromatic heterocycles. The van der Waals surface area contributed by atoms with Crippen LogP contribution in [0, 0.1) is 0 Å². The van der Waals surface area contributed by atoms with E-state index in [1.165, 1.54) is 27.9 Å². The second-order valence-corrected chi connectivity index (χ2v) is 4.89. The van der Waals surface area contributed by atoms with Crippen molar-refractivity contribution < 1.29 is 0 Å². The maximum Gasteiger partial charge on any atom is 0.227 e. The number of rotatable bonds is 3. The number of benzene rings is 2. The summed E-state index contributed by atoms with van der Waals surface area (Å²) in [5, 5.41) is 10.9. The number of hydrogen-bond acceptors (Lipinski definition) is 5. The summed E-state index contributed by atoms with van der Waals surface area (Å²) in [5.74, 6) is 0. The number of hydrogen-bond donors (Lipinski definition) is 0. The van der Waals surface area contributed by atoms with Gasteiger partial charge in [0, 0.05) is 25.1 Å². The molecule has 0 amide bonds. The monoisotopic (exact) mass is 256 g/mol. The zero-order valence-corrected chi connectivity index (χ0v) is 10.8. The molecule has 0 aliphatic rings. The van der Waals surface area contributed by atoms with Crippen molar-refractivity contribution in [2.45, 2.75) is 6.54 Å². The molecule has 0 unspecified atom stereocenters. The summed E-state index contributed by atoms with van der Waals surface area (Å²) in [5.41, 5.74) is 1.26. The minimum Gasteiger partial charge on any atom is -0.344 e. The lowest BCUT2D eigenvalue weighted by Crippen LogP contribution is -2.16. The van der Waals surface area contributed by atoms with Gasteiger partial charge in [-0.05, 0) is 27.6 Å². The normalized spacial score (nSPS) is 10.7. The molecule has 0 aliphatic carbocycles. The predicted molar refractivity (Wildman–Crippen MR) is 73.8 cm³/mol. The third-order valence-corrected chi connectivity index (χ3v) is 3.56. The molecule has 2 aromatic carbocycles. The first kappa shape index (κ1) is 11.1. The smallest absolute Gasteiger partial charge is 0.227 e. The van der Waals surface area contributed by atoms with E-state index in [4.69, 9.17) is 0 Å². The van der Waals surface area contributed by atoms with E-state index in [0.717, 1.165) is 11.7 Å². The Kier molecular flexibility index (Phi) is 2.90. The van der Waals surface area contributed by atoms with Gasteiger partial charge in [0.1, 0.15) is 0 Å². The quantitative estimate of drug-likeness (QED) is 0.722. The molecule has 90 valence electrons. The zero-order valence-electron chi connectivity index (χ0n) is 9.95. The third-order valence-electron chi connectivity index (χ3n) is 2.85. The van der Waals surface area contributed by atoms with E-state index in [2.05, 4.69) is 62.2 Å². The Morgan fingerprint density at radius 2 is 1.94 bits per heavy atom. The van der Waals surface area contributed by atoms with Gasteiger partial charge in [-0.3, -0.25) is 0 Å². The highest BCUT2D eigenvalue weighted by atomic mass is 32.1. The average molecular weight is 256 g/mol. The van der Waals surface area contributed by atoms with E-state index in [9.17, 15) is 0 Å². The first-order valence-corrected chi connectivity index (χ1v) is 6.44. The molecule has 3 rings (SSSR count). The Labute approximate surface area is 109 Å². The van der Waals surface area contributed by atoms with Crippen LogP contribution in [0.3, 0.4) is 0 Å². The fraction of sp³-hybridized carbons (Fsp3) is 0.154. The highest BCUT2D eigenvalue weighted by Gasteiger charge is 2.06. The number of fused-ring (bicyclic) bond motifs is 1. The Bertz CT molecular complexity index is 651. The third kappa shape index (κ3) is 2.17. The van der Waals surface area contributed by atoms with Gasteiger partial charge in [0.25, 0.3) is 0 Å². The van der Waals surface area contributed by atoms with Crippen LogP contribution in [0.15, 0.2) is 42.5 Å². The maximum absolute atomic E-state index is 3.96. The van der Waals surface area contributed by atoms with E-state index in [1.807, 2.05) is 7.05 Å². The summed E-state index contributed by atoms with van der Waals surface area (Å²) in [6, 6.07) is 14.9. The Hall–Kier alpha value is -2.01. The summed E-state index contributed by atoms with van der Waals surface area (Å²) < 4.78 is 3.77. The molecular weight excluding hydrogens is 244 g/mol. The van der Waals surface area contributed by atoms with Gasteiger partial charge in [0.15, 0.2) is 0 Å². The molecule has 0 saturated carbocycles. The average Bonchev–Trinajstić information content (AvgIpc) is 2.92. The van der Waals surface area contributed by atoms with Crippen molar-refractivity contribution in [2.24, 2.45) is 0 Å². The van der Waals surface area contributed by atoms with Crippen molar-refractivity contribution in [3.63, 3.8) is 0 Å².